The molecule has 3 heterocycles. The molecule has 0 spiro atoms. The zero-order chi connectivity index (χ0) is 20.7. The number of pyridine rings is 1. The Morgan fingerprint density at radius 3 is 2.60 bits per heavy atom. The second kappa shape index (κ2) is 7.67. The summed E-state index contributed by atoms with van der Waals surface area (Å²) in [5, 5.41) is 11.5. The van der Waals surface area contributed by atoms with Crippen molar-refractivity contribution in [1.82, 2.24) is 24.8 Å². The van der Waals surface area contributed by atoms with Gasteiger partial charge in [0.05, 0.1) is 0 Å². The van der Waals surface area contributed by atoms with E-state index in [1.54, 1.807) is 12.3 Å². The molecule has 8 heteroatoms. The first-order valence-electron chi connectivity index (χ1n) is 10.4. The first-order chi connectivity index (χ1) is 14.5. The van der Waals surface area contributed by atoms with E-state index in [4.69, 9.17) is 0 Å². The highest BCUT2D eigenvalue weighted by Crippen LogP contribution is 2.37. The average molecular weight is 415 g/mol. The number of fused-ring (bicyclic) bond motifs is 1. The molecule has 1 aliphatic carbocycles. The van der Waals surface area contributed by atoms with Gasteiger partial charge in [0.2, 0.25) is 0 Å². The lowest BCUT2D eigenvalue weighted by molar-refractivity contribution is -0.137. The molecular formula is C22H24F3N5. The summed E-state index contributed by atoms with van der Waals surface area (Å²) >= 11 is 0. The molecular weight excluding hydrogens is 391 g/mol. The van der Waals surface area contributed by atoms with Crippen molar-refractivity contribution in [3.63, 3.8) is 0 Å². The summed E-state index contributed by atoms with van der Waals surface area (Å²) in [6.45, 7) is 2.33. The van der Waals surface area contributed by atoms with Crippen molar-refractivity contribution in [1.29, 1.82) is 0 Å². The first-order valence-corrected chi connectivity index (χ1v) is 10.4. The third-order valence-corrected chi connectivity index (χ3v) is 6.04. The van der Waals surface area contributed by atoms with E-state index in [-0.39, 0.29) is 23.8 Å². The standard InChI is InChI=1S/C22H24F3N5/c23-22(24,25)20-17(8-10-30-19(12-15-6-7-15)27-28-21(20)30)13-29-11-9-26-18(14-29)16-4-2-1-3-5-16/h1-5,8,10,15,18,26H,6-7,9,11-14H2. The van der Waals surface area contributed by atoms with Gasteiger partial charge in [0.1, 0.15) is 11.4 Å². The second-order valence-electron chi connectivity index (χ2n) is 8.32. The monoisotopic (exact) mass is 415 g/mol. The smallest absolute Gasteiger partial charge is 0.308 e. The van der Waals surface area contributed by atoms with Crippen LogP contribution in [-0.4, -0.2) is 39.1 Å². The Labute approximate surface area is 172 Å². The normalized spacial score (nSPS) is 20.7. The van der Waals surface area contributed by atoms with Gasteiger partial charge in [-0.1, -0.05) is 30.3 Å². The van der Waals surface area contributed by atoms with E-state index in [0.717, 1.165) is 24.9 Å². The lowest BCUT2D eigenvalue weighted by Crippen LogP contribution is -2.45. The lowest BCUT2D eigenvalue weighted by atomic mass is 10.0. The quantitative estimate of drug-likeness (QED) is 0.688. The molecule has 0 amide bonds. The highest BCUT2D eigenvalue weighted by molar-refractivity contribution is 5.53. The van der Waals surface area contributed by atoms with Crippen molar-refractivity contribution in [2.45, 2.75) is 38.0 Å². The number of nitrogens with zero attached hydrogens (tertiary/aromatic N) is 4. The van der Waals surface area contributed by atoms with Crippen molar-refractivity contribution in [2.24, 2.45) is 5.92 Å². The number of hydrogen-bond acceptors (Lipinski definition) is 4. The Balaban J connectivity index is 1.43. The van der Waals surface area contributed by atoms with Crippen LogP contribution in [0.5, 0.6) is 0 Å². The largest absolute Gasteiger partial charge is 0.420 e. The number of piperazine rings is 1. The maximum absolute atomic E-state index is 14.0. The third-order valence-electron chi connectivity index (χ3n) is 6.04. The van der Waals surface area contributed by atoms with Crippen LogP contribution in [0.1, 0.15) is 41.4 Å². The third kappa shape index (κ3) is 3.94. The van der Waals surface area contributed by atoms with Gasteiger partial charge in [-0.15, -0.1) is 10.2 Å². The predicted octanol–water partition coefficient (Wildman–Crippen LogP) is 3.85. The molecule has 1 saturated carbocycles. The number of halogens is 3. The number of benzene rings is 1. The molecule has 2 aromatic heterocycles. The fourth-order valence-electron chi connectivity index (χ4n) is 4.31. The number of hydrogen-bond donors (Lipinski definition) is 1. The van der Waals surface area contributed by atoms with Crippen LogP contribution in [0.2, 0.25) is 0 Å². The van der Waals surface area contributed by atoms with Gasteiger partial charge in [0.15, 0.2) is 5.65 Å². The predicted molar refractivity (Wildman–Crippen MR) is 107 cm³/mol. The van der Waals surface area contributed by atoms with Crippen molar-refractivity contribution >= 4 is 5.65 Å². The van der Waals surface area contributed by atoms with E-state index in [0.29, 0.717) is 31.3 Å². The maximum Gasteiger partial charge on any atom is 0.420 e. The summed E-state index contributed by atoms with van der Waals surface area (Å²) in [5.74, 6) is 1.15. The molecule has 2 aliphatic rings. The minimum absolute atomic E-state index is 0.0783. The molecule has 158 valence electrons. The van der Waals surface area contributed by atoms with Gasteiger partial charge in [-0.25, -0.2) is 0 Å². The molecule has 5 rings (SSSR count). The summed E-state index contributed by atoms with van der Waals surface area (Å²) in [6.07, 6.45) is 0.146. The summed E-state index contributed by atoms with van der Waals surface area (Å²) in [6, 6.07) is 11.7. The summed E-state index contributed by atoms with van der Waals surface area (Å²) in [4.78, 5) is 2.08. The molecule has 2 fully saturated rings. The lowest BCUT2D eigenvalue weighted by Gasteiger charge is -2.34. The second-order valence-corrected chi connectivity index (χ2v) is 8.32. The van der Waals surface area contributed by atoms with Gasteiger partial charge in [0.25, 0.3) is 0 Å². The Hall–Kier alpha value is -2.45. The summed E-state index contributed by atoms with van der Waals surface area (Å²) < 4.78 is 43.7. The Morgan fingerprint density at radius 2 is 1.87 bits per heavy atom. The van der Waals surface area contributed by atoms with Gasteiger partial charge in [0, 0.05) is 44.8 Å². The molecule has 0 bridgehead atoms. The highest BCUT2D eigenvalue weighted by atomic mass is 19.4. The summed E-state index contributed by atoms with van der Waals surface area (Å²) in [7, 11) is 0. The van der Waals surface area contributed by atoms with E-state index < -0.39 is 11.7 Å². The maximum atomic E-state index is 14.0. The van der Waals surface area contributed by atoms with Crippen LogP contribution in [0.25, 0.3) is 5.65 Å². The Kier molecular flexibility index (Phi) is 4.99. The molecule has 0 radical (unpaired) electrons. The minimum Gasteiger partial charge on any atom is -0.308 e. The fourth-order valence-corrected chi connectivity index (χ4v) is 4.31. The molecule has 1 aliphatic heterocycles. The molecule has 1 N–H and O–H groups in total. The highest BCUT2D eigenvalue weighted by Gasteiger charge is 2.38. The molecule has 5 nitrogen and oxygen atoms in total. The molecule has 3 aromatic rings. The zero-order valence-corrected chi connectivity index (χ0v) is 16.6. The van der Waals surface area contributed by atoms with E-state index in [1.165, 1.54) is 4.40 Å². The molecule has 1 saturated heterocycles. The number of alkyl halides is 3. The average Bonchev–Trinajstić information content (AvgIpc) is 3.46. The first kappa shape index (κ1) is 19.5. The van der Waals surface area contributed by atoms with E-state index >= 15 is 0 Å². The number of aromatic nitrogens is 3. The fraction of sp³-hybridized carbons (Fsp3) is 0.455. The van der Waals surface area contributed by atoms with Crippen LogP contribution in [0.15, 0.2) is 42.6 Å². The SMILES string of the molecule is FC(F)(F)c1c(CN2CCNC(c3ccccc3)C2)ccn2c(CC3CC3)nnc12. The summed E-state index contributed by atoms with van der Waals surface area (Å²) in [5.41, 5.74) is 0.671. The Morgan fingerprint density at radius 1 is 1.07 bits per heavy atom. The minimum atomic E-state index is -4.48. The van der Waals surface area contributed by atoms with E-state index in [2.05, 4.69) is 20.4 Å². The van der Waals surface area contributed by atoms with Gasteiger partial charge in [-0.2, -0.15) is 13.2 Å². The topological polar surface area (TPSA) is 45.5 Å². The van der Waals surface area contributed by atoms with Crippen molar-refractivity contribution in [3.8, 4) is 0 Å². The van der Waals surface area contributed by atoms with Crippen LogP contribution >= 0.6 is 0 Å². The number of rotatable bonds is 5. The van der Waals surface area contributed by atoms with Crippen LogP contribution in [0, 0.1) is 5.92 Å². The van der Waals surface area contributed by atoms with Gasteiger partial charge < -0.3 is 5.32 Å². The van der Waals surface area contributed by atoms with Crippen molar-refractivity contribution in [3.05, 3.63) is 65.1 Å². The van der Waals surface area contributed by atoms with Crippen LogP contribution < -0.4 is 5.32 Å². The molecule has 1 atom stereocenters. The van der Waals surface area contributed by atoms with Crippen molar-refractivity contribution in [2.75, 3.05) is 19.6 Å². The zero-order valence-electron chi connectivity index (χ0n) is 16.6. The van der Waals surface area contributed by atoms with E-state index in [1.807, 2.05) is 30.3 Å². The van der Waals surface area contributed by atoms with Crippen LogP contribution in [0.3, 0.4) is 0 Å². The van der Waals surface area contributed by atoms with E-state index in [9.17, 15) is 13.2 Å². The Bertz CT molecular complexity index is 1030. The molecule has 30 heavy (non-hydrogen) atoms. The number of nitrogens with one attached hydrogen (secondary N) is 1. The van der Waals surface area contributed by atoms with Crippen LogP contribution in [-0.2, 0) is 19.1 Å². The van der Waals surface area contributed by atoms with Gasteiger partial charge in [-0.3, -0.25) is 9.30 Å². The van der Waals surface area contributed by atoms with Crippen molar-refractivity contribution < 1.29 is 13.2 Å². The van der Waals surface area contributed by atoms with Crippen LogP contribution in [0.4, 0.5) is 13.2 Å². The van der Waals surface area contributed by atoms with Gasteiger partial charge in [-0.05, 0) is 36.0 Å². The molecule has 1 unspecified atom stereocenters. The van der Waals surface area contributed by atoms with Gasteiger partial charge >= 0.3 is 6.18 Å². The molecule has 1 aromatic carbocycles.